The number of benzene rings is 1. The van der Waals surface area contributed by atoms with E-state index in [1.54, 1.807) is 24.4 Å². The number of nitrogen functional groups attached to an aromatic ring is 1. The van der Waals surface area contributed by atoms with E-state index >= 15 is 0 Å². The fourth-order valence-corrected chi connectivity index (χ4v) is 1.26. The molecule has 16 heavy (non-hydrogen) atoms. The van der Waals surface area contributed by atoms with Crippen LogP contribution in [0.2, 0.25) is 0 Å². The average molecular weight is 212 g/mol. The average Bonchev–Trinajstić information content (AvgIpc) is 2.31. The van der Waals surface area contributed by atoms with Gasteiger partial charge in [-0.05, 0) is 36.4 Å². The van der Waals surface area contributed by atoms with E-state index in [0.29, 0.717) is 17.3 Å². The molecule has 1 heterocycles. The number of nitrogens with zero attached hydrogens (tertiary/aromatic N) is 2. The second-order valence-electron chi connectivity index (χ2n) is 3.31. The number of hydrogen-bond acceptors (Lipinski definition) is 3. The summed E-state index contributed by atoms with van der Waals surface area (Å²) in [5.74, 6) is 1.02. The van der Waals surface area contributed by atoms with E-state index in [2.05, 4.69) is 9.98 Å². The standard InChI is InChI=1S/C12H12N4/c13-10-6-4-9(5-7-10)12(14)16-11-3-1-2-8-15-11/h1-8H,13H2,(H2,14,15,16). The Balaban J connectivity index is 2.28. The van der Waals surface area contributed by atoms with Crippen LogP contribution in [0, 0.1) is 0 Å². The lowest BCUT2D eigenvalue weighted by Gasteiger charge is -2.01. The van der Waals surface area contributed by atoms with E-state index < -0.39 is 0 Å². The lowest BCUT2D eigenvalue weighted by Crippen LogP contribution is -2.12. The maximum absolute atomic E-state index is 5.85. The first-order chi connectivity index (χ1) is 7.75. The van der Waals surface area contributed by atoms with Crippen LogP contribution in [0.15, 0.2) is 53.7 Å². The fourth-order valence-electron chi connectivity index (χ4n) is 1.26. The Kier molecular flexibility index (Phi) is 2.82. The van der Waals surface area contributed by atoms with Crippen molar-refractivity contribution in [1.29, 1.82) is 0 Å². The van der Waals surface area contributed by atoms with Crippen LogP contribution in [0.4, 0.5) is 11.5 Å². The van der Waals surface area contributed by atoms with Crippen molar-refractivity contribution in [3.05, 3.63) is 54.2 Å². The summed E-state index contributed by atoms with van der Waals surface area (Å²) in [6.07, 6.45) is 1.68. The van der Waals surface area contributed by atoms with E-state index in [4.69, 9.17) is 11.5 Å². The smallest absolute Gasteiger partial charge is 0.154 e. The molecule has 0 saturated carbocycles. The Hall–Kier alpha value is -2.36. The number of aliphatic imine (C=N–C) groups is 1. The third kappa shape index (κ3) is 2.36. The third-order valence-electron chi connectivity index (χ3n) is 2.09. The summed E-state index contributed by atoms with van der Waals surface area (Å²) in [6.45, 7) is 0. The highest BCUT2D eigenvalue weighted by Gasteiger charge is 1.98. The predicted octanol–water partition coefficient (Wildman–Crippen LogP) is 1.70. The molecule has 0 saturated heterocycles. The first kappa shape index (κ1) is 10.2. The van der Waals surface area contributed by atoms with E-state index in [1.807, 2.05) is 24.3 Å². The van der Waals surface area contributed by atoms with Crippen molar-refractivity contribution in [2.75, 3.05) is 5.73 Å². The van der Waals surface area contributed by atoms with Crippen LogP contribution in [0.25, 0.3) is 0 Å². The van der Waals surface area contributed by atoms with Crippen molar-refractivity contribution in [2.45, 2.75) is 0 Å². The molecule has 2 aromatic rings. The first-order valence-corrected chi connectivity index (χ1v) is 4.87. The lowest BCUT2D eigenvalue weighted by molar-refractivity contribution is 1.26. The van der Waals surface area contributed by atoms with Gasteiger partial charge in [0, 0.05) is 17.4 Å². The molecular weight excluding hydrogens is 200 g/mol. The minimum absolute atomic E-state index is 0.429. The topological polar surface area (TPSA) is 77.3 Å². The fraction of sp³-hybridized carbons (Fsp3) is 0. The van der Waals surface area contributed by atoms with Crippen molar-refractivity contribution in [2.24, 2.45) is 10.7 Å². The van der Waals surface area contributed by atoms with Gasteiger partial charge in [-0.2, -0.15) is 0 Å². The number of aromatic nitrogens is 1. The summed E-state index contributed by atoms with van der Waals surface area (Å²) in [5, 5.41) is 0. The molecule has 80 valence electrons. The maximum Gasteiger partial charge on any atom is 0.154 e. The maximum atomic E-state index is 5.85. The molecule has 0 aliphatic carbocycles. The monoisotopic (exact) mass is 212 g/mol. The number of hydrogen-bond donors (Lipinski definition) is 2. The zero-order valence-corrected chi connectivity index (χ0v) is 8.67. The molecule has 4 nitrogen and oxygen atoms in total. The van der Waals surface area contributed by atoms with Gasteiger partial charge in [0.15, 0.2) is 5.82 Å². The second-order valence-corrected chi connectivity index (χ2v) is 3.31. The molecule has 4 heteroatoms. The van der Waals surface area contributed by atoms with Gasteiger partial charge in [0.1, 0.15) is 5.84 Å². The number of anilines is 1. The van der Waals surface area contributed by atoms with Crippen LogP contribution in [-0.2, 0) is 0 Å². The molecule has 0 spiro atoms. The lowest BCUT2D eigenvalue weighted by atomic mass is 10.2. The Morgan fingerprint density at radius 2 is 1.81 bits per heavy atom. The number of pyridine rings is 1. The van der Waals surface area contributed by atoms with Crippen molar-refractivity contribution >= 4 is 17.3 Å². The van der Waals surface area contributed by atoms with Crippen molar-refractivity contribution in [3.63, 3.8) is 0 Å². The SMILES string of the molecule is N/C(=N\c1ccccn1)c1ccc(N)cc1. The summed E-state index contributed by atoms with van der Waals surface area (Å²) in [6, 6.07) is 12.7. The summed E-state index contributed by atoms with van der Waals surface area (Å²) in [5.41, 5.74) is 13.0. The summed E-state index contributed by atoms with van der Waals surface area (Å²) in [4.78, 5) is 8.27. The molecule has 2 rings (SSSR count). The highest BCUT2D eigenvalue weighted by Crippen LogP contribution is 2.09. The normalized spacial score (nSPS) is 11.4. The van der Waals surface area contributed by atoms with Gasteiger partial charge in [-0.3, -0.25) is 0 Å². The van der Waals surface area contributed by atoms with Gasteiger partial charge in [0.25, 0.3) is 0 Å². The van der Waals surface area contributed by atoms with Gasteiger partial charge in [0.2, 0.25) is 0 Å². The Morgan fingerprint density at radius 1 is 1.06 bits per heavy atom. The molecule has 0 aliphatic rings. The van der Waals surface area contributed by atoms with Gasteiger partial charge in [0.05, 0.1) is 0 Å². The van der Waals surface area contributed by atoms with Gasteiger partial charge < -0.3 is 11.5 Å². The molecular formula is C12H12N4. The molecule has 0 aliphatic heterocycles. The summed E-state index contributed by atoms with van der Waals surface area (Å²) >= 11 is 0. The molecule has 1 aromatic carbocycles. The van der Waals surface area contributed by atoms with E-state index in [-0.39, 0.29) is 0 Å². The van der Waals surface area contributed by atoms with Crippen LogP contribution in [0.3, 0.4) is 0 Å². The van der Waals surface area contributed by atoms with Crippen molar-refractivity contribution in [1.82, 2.24) is 4.98 Å². The van der Waals surface area contributed by atoms with Gasteiger partial charge >= 0.3 is 0 Å². The number of rotatable bonds is 2. The molecule has 0 bridgehead atoms. The quantitative estimate of drug-likeness (QED) is 0.452. The minimum atomic E-state index is 0.429. The van der Waals surface area contributed by atoms with Crippen LogP contribution in [0.1, 0.15) is 5.56 Å². The minimum Gasteiger partial charge on any atom is -0.399 e. The summed E-state index contributed by atoms with van der Waals surface area (Å²) in [7, 11) is 0. The van der Waals surface area contributed by atoms with Crippen LogP contribution < -0.4 is 11.5 Å². The van der Waals surface area contributed by atoms with Crippen LogP contribution in [-0.4, -0.2) is 10.8 Å². The zero-order chi connectivity index (χ0) is 11.4. The molecule has 4 N–H and O–H groups in total. The highest BCUT2D eigenvalue weighted by atomic mass is 14.9. The Labute approximate surface area is 93.6 Å². The highest BCUT2D eigenvalue weighted by molar-refractivity contribution is 5.99. The number of nitrogens with two attached hydrogens (primary N) is 2. The largest absolute Gasteiger partial charge is 0.399 e. The van der Waals surface area contributed by atoms with Crippen molar-refractivity contribution < 1.29 is 0 Å². The van der Waals surface area contributed by atoms with Crippen LogP contribution >= 0.6 is 0 Å². The van der Waals surface area contributed by atoms with E-state index in [9.17, 15) is 0 Å². The van der Waals surface area contributed by atoms with Crippen molar-refractivity contribution in [3.8, 4) is 0 Å². The van der Waals surface area contributed by atoms with E-state index in [0.717, 1.165) is 5.56 Å². The molecule has 0 unspecified atom stereocenters. The van der Waals surface area contributed by atoms with Gasteiger partial charge in [-0.15, -0.1) is 0 Å². The molecule has 0 atom stereocenters. The Bertz CT molecular complexity index is 488. The van der Waals surface area contributed by atoms with Gasteiger partial charge in [-0.25, -0.2) is 9.98 Å². The molecule has 0 radical (unpaired) electrons. The van der Waals surface area contributed by atoms with E-state index in [1.165, 1.54) is 0 Å². The van der Waals surface area contributed by atoms with Gasteiger partial charge in [-0.1, -0.05) is 6.07 Å². The molecule has 0 amide bonds. The first-order valence-electron chi connectivity index (χ1n) is 4.87. The van der Waals surface area contributed by atoms with Crippen LogP contribution in [0.5, 0.6) is 0 Å². The molecule has 1 aromatic heterocycles. The summed E-state index contributed by atoms with van der Waals surface area (Å²) < 4.78 is 0. The Morgan fingerprint density at radius 3 is 2.44 bits per heavy atom. The zero-order valence-electron chi connectivity index (χ0n) is 8.67. The second kappa shape index (κ2) is 4.44. The number of amidine groups is 1. The third-order valence-corrected chi connectivity index (χ3v) is 2.09. The predicted molar refractivity (Wildman–Crippen MR) is 65.5 cm³/mol. The molecule has 0 fully saturated rings.